The molecule has 0 spiro atoms. The zero-order valence-corrected chi connectivity index (χ0v) is 12.8. The molecule has 114 valence electrons. The van der Waals surface area contributed by atoms with Crippen LogP contribution in [0.25, 0.3) is 16.0 Å². The lowest BCUT2D eigenvalue weighted by molar-refractivity contribution is 0.630. The van der Waals surface area contributed by atoms with Crippen LogP contribution in [0.15, 0.2) is 55.0 Å². The Kier molecular flexibility index (Phi) is 3.47. The Balaban J connectivity index is 1.49. The minimum Gasteiger partial charge on any atom is -0.376 e. The normalized spacial score (nSPS) is 11.0. The van der Waals surface area contributed by atoms with Gasteiger partial charge in [-0.15, -0.1) is 11.3 Å². The van der Waals surface area contributed by atoms with Crippen LogP contribution in [0.4, 0.5) is 10.1 Å². The Labute approximate surface area is 135 Å². The van der Waals surface area contributed by atoms with Crippen LogP contribution in [0.3, 0.4) is 0 Å². The van der Waals surface area contributed by atoms with Gasteiger partial charge in [0.25, 0.3) is 0 Å². The molecule has 0 saturated carbocycles. The SMILES string of the molecule is Fc1ccc2nc(CNc3cnn(-c4ccccn4)c3)sc2c1. The van der Waals surface area contributed by atoms with E-state index in [1.165, 1.54) is 23.5 Å². The monoisotopic (exact) mass is 325 g/mol. The Bertz CT molecular complexity index is 947. The maximum absolute atomic E-state index is 13.2. The molecule has 1 aromatic carbocycles. The lowest BCUT2D eigenvalue weighted by Crippen LogP contribution is -1.98. The van der Waals surface area contributed by atoms with Crippen molar-refractivity contribution in [2.75, 3.05) is 5.32 Å². The number of nitrogens with one attached hydrogen (secondary N) is 1. The van der Waals surface area contributed by atoms with Crippen molar-refractivity contribution in [3.8, 4) is 5.82 Å². The van der Waals surface area contributed by atoms with Gasteiger partial charge in [-0.25, -0.2) is 19.0 Å². The standard InChI is InChI=1S/C16H12FN5S/c17-11-4-5-13-14(7-11)23-16(21-13)9-19-12-8-20-22(10-12)15-3-1-2-6-18-15/h1-8,10,19H,9H2. The van der Waals surface area contributed by atoms with Crippen molar-refractivity contribution in [3.63, 3.8) is 0 Å². The van der Waals surface area contributed by atoms with Crippen molar-refractivity contribution in [1.29, 1.82) is 0 Å². The number of pyridine rings is 1. The highest BCUT2D eigenvalue weighted by atomic mass is 32.1. The summed E-state index contributed by atoms with van der Waals surface area (Å²) in [5, 5.41) is 8.45. The lowest BCUT2D eigenvalue weighted by atomic mass is 10.3. The van der Waals surface area contributed by atoms with E-state index in [1.807, 2.05) is 24.4 Å². The molecule has 0 aliphatic carbocycles. The van der Waals surface area contributed by atoms with Gasteiger partial charge in [-0.1, -0.05) is 6.07 Å². The van der Waals surface area contributed by atoms with E-state index in [1.54, 1.807) is 23.1 Å². The van der Waals surface area contributed by atoms with Gasteiger partial charge >= 0.3 is 0 Å². The third-order valence-corrected chi connectivity index (χ3v) is 4.32. The predicted octanol–water partition coefficient (Wildman–Crippen LogP) is 3.63. The zero-order valence-electron chi connectivity index (χ0n) is 12.0. The first kappa shape index (κ1) is 13.8. The summed E-state index contributed by atoms with van der Waals surface area (Å²) in [6.07, 6.45) is 5.33. The Morgan fingerprint density at radius 3 is 3.04 bits per heavy atom. The molecule has 4 rings (SSSR count). The van der Waals surface area contributed by atoms with Crippen molar-refractivity contribution < 1.29 is 4.39 Å². The molecule has 7 heteroatoms. The number of hydrogen-bond acceptors (Lipinski definition) is 5. The van der Waals surface area contributed by atoms with Gasteiger partial charge in [0.05, 0.1) is 34.8 Å². The van der Waals surface area contributed by atoms with Gasteiger partial charge in [0.2, 0.25) is 0 Å². The number of fused-ring (bicyclic) bond motifs is 1. The number of rotatable bonds is 4. The Morgan fingerprint density at radius 2 is 2.17 bits per heavy atom. The first-order valence-electron chi connectivity index (χ1n) is 7.03. The zero-order chi connectivity index (χ0) is 15.6. The third-order valence-electron chi connectivity index (χ3n) is 3.31. The summed E-state index contributed by atoms with van der Waals surface area (Å²) in [5.41, 5.74) is 1.69. The number of anilines is 1. The number of benzene rings is 1. The summed E-state index contributed by atoms with van der Waals surface area (Å²) < 4.78 is 15.8. The molecule has 0 aliphatic rings. The van der Waals surface area contributed by atoms with E-state index in [2.05, 4.69) is 20.4 Å². The van der Waals surface area contributed by atoms with Crippen molar-refractivity contribution in [2.45, 2.75) is 6.54 Å². The summed E-state index contributed by atoms with van der Waals surface area (Å²) in [6, 6.07) is 10.3. The van der Waals surface area contributed by atoms with Crippen molar-refractivity contribution in [2.24, 2.45) is 0 Å². The average molecular weight is 325 g/mol. The van der Waals surface area contributed by atoms with E-state index >= 15 is 0 Å². The molecular formula is C16H12FN5S. The average Bonchev–Trinajstić information content (AvgIpc) is 3.20. The minimum atomic E-state index is -0.239. The largest absolute Gasteiger partial charge is 0.376 e. The van der Waals surface area contributed by atoms with E-state index in [0.717, 1.165) is 26.7 Å². The summed E-state index contributed by atoms with van der Waals surface area (Å²) in [4.78, 5) is 8.73. The van der Waals surface area contributed by atoms with Crippen LogP contribution in [0.1, 0.15) is 5.01 Å². The van der Waals surface area contributed by atoms with Crippen LogP contribution in [0.2, 0.25) is 0 Å². The van der Waals surface area contributed by atoms with Crippen LogP contribution in [0, 0.1) is 5.82 Å². The second-order valence-corrected chi connectivity index (χ2v) is 6.05. The summed E-state index contributed by atoms with van der Waals surface area (Å²) in [5.74, 6) is 0.522. The van der Waals surface area contributed by atoms with Gasteiger partial charge in [0.15, 0.2) is 5.82 Å². The summed E-state index contributed by atoms with van der Waals surface area (Å²) in [6.45, 7) is 0.564. The first-order valence-corrected chi connectivity index (χ1v) is 7.84. The van der Waals surface area contributed by atoms with Crippen LogP contribution in [-0.2, 0) is 6.54 Å². The number of nitrogens with zero attached hydrogens (tertiary/aromatic N) is 4. The van der Waals surface area contributed by atoms with Gasteiger partial charge < -0.3 is 5.32 Å². The van der Waals surface area contributed by atoms with Crippen molar-refractivity contribution in [3.05, 3.63) is 65.8 Å². The molecule has 0 aliphatic heterocycles. The molecular weight excluding hydrogens is 313 g/mol. The number of aromatic nitrogens is 4. The Hall–Kier alpha value is -2.80. The topological polar surface area (TPSA) is 55.6 Å². The fourth-order valence-corrected chi connectivity index (χ4v) is 3.16. The maximum atomic E-state index is 13.2. The molecule has 4 aromatic rings. The molecule has 0 saturated heterocycles. The molecule has 1 N–H and O–H groups in total. The van der Waals surface area contributed by atoms with Crippen LogP contribution in [-0.4, -0.2) is 19.7 Å². The fraction of sp³-hybridized carbons (Fsp3) is 0.0625. The predicted molar refractivity (Wildman–Crippen MR) is 88.3 cm³/mol. The van der Waals surface area contributed by atoms with E-state index in [9.17, 15) is 4.39 Å². The summed E-state index contributed by atoms with van der Waals surface area (Å²) in [7, 11) is 0. The maximum Gasteiger partial charge on any atom is 0.153 e. The molecule has 0 unspecified atom stereocenters. The van der Waals surface area contributed by atoms with Crippen molar-refractivity contribution in [1.82, 2.24) is 19.7 Å². The summed E-state index contributed by atoms with van der Waals surface area (Å²) >= 11 is 1.48. The molecule has 0 amide bonds. The van der Waals surface area contributed by atoms with Gasteiger partial charge in [0.1, 0.15) is 10.8 Å². The van der Waals surface area contributed by atoms with Gasteiger partial charge in [-0.3, -0.25) is 0 Å². The highest BCUT2D eigenvalue weighted by molar-refractivity contribution is 7.18. The molecule has 0 bridgehead atoms. The van der Waals surface area contributed by atoms with E-state index in [0.29, 0.717) is 6.54 Å². The van der Waals surface area contributed by atoms with Crippen molar-refractivity contribution >= 4 is 27.2 Å². The fourth-order valence-electron chi connectivity index (χ4n) is 2.23. The van der Waals surface area contributed by atoms with Crippen LogP contribution in [0.5, 0.6) is 0 Å². The lowest BCUT2D eigenvalue weighted by Gasteiger charge is -2.00. The van der Waals surface area contributed by atoms with Gasteiger partial charge in [-0.2, -0.15) is 5.10 Å². The van der Waals surface area contributed by atoms with E-state index in [-0.39, 0.29) is 5.82 Å². The number of thiazole rings is 1. The quantitative estimate of drug-likeness (QED) is 0.622. The molecule has 0 fully saturated rings. The Morgan fingerprint density at radius 1 is 1.22 bits per heavy atom. The molecule has 3 heterocycles. The molecule has 0 radical (unpaired) electrons. The first-order chi connectivity index (χ1) is 11.3. The minimum absolute atomic E-state index is 0.239. The second kappa shape index (κ2) is 5.77. The highest BCUT2D eigenvalue weighted by Gasteiger charge is 2.06. The number of halogens is 1. The molecule has 0 atom stereocenters. The van der Waals surface area contributed by atoms with Gasteiger partial charge in [-0.05, 0) is 30.3 Å². The van der Waals surface area contributed by atoms with Crippen LogP contribution < -0.4 is 5.32 Å². The molecule has 5 nitrogen and oxygen atoms in total. The number of hydrogen-bond donors (Lipinski definition) is 1. The second-order valence-electron chi connectivity index (χ2n) is 4.93. The van der Waals surface area contributed by atoms with Gasteiger partial charge in [0, 0.05) is 6.20 Å². The van der Waals surface area contributed by atoms with E-state index < -0.39 is 0 Å². The molecule has 3 aromatic heterocycles. The van der Waals surface area contributed by atoms with E-state index in [4.69, 9.17) is 0 Å². The molecule has 23 heavy (non-hydrogen) atoms. The smallest absolute Gasteiger partial charge is 0.153 e. The highest BCUT2D eigenvalue weighted by Crippen LogP contribution is 2.23. The third kappa shape index (κ3) is 2.91. The van der Waals surface area contributed by atoms with Crippen LogP contribution >= 0.6 is 11.3 Å².